The summed E-state index contributed by atoms with van der Waals surface area (Å²) in [6.07, 6.45) is 0. The van der Waals surface area contributed by atoms with Crippen LogP contribution in [0.15, 0.2) is 53.4 Å². The number of hydrogen-bond acceptors (Lipinski definition) is 2. The lowest BCUT2D eigenvalue weighted by molar-refractivity contribution is -0.118. The van der Waals surface area contributed by atoms with Crippen molar-refractivity contribution in [3.63, 3.8) is 0 Å². The van der Waals surface area contributed by atoms with Gasteiger partial charge in [-0.05, 0) is 18.6 Å². The number of carbonyl (C=O) groups is 1. The fourth-order valence-corrected chi connectivity index (χ4v) is 3.62. The van der Waals surface area contributed by atoms with Crippen LogP contribution in [0.1, 0.15) is 12.5 Å². The highest BCUT2D eigenvalue weighted by Gasteiger charge is 2.13. The van der Waals surface area contributed by atoms with Gasteiger partial charge in [-0.2, -0.15) is 0 Å². The van der Waals surface area contributed by atoms with E-state index in [1.807, 2.05) is 6.07 Å². The molecule has 118 valence electrons. The molecule has 0 saturated carbocycles. The second-order valence-corrected chi connectivity index (χ2v) is 6.68. The van der Waals surface area contributed by atoms with Crippen molar-refractivity contribution in [1.82, 2.24) is 10.3 Å². The maximum atomic E-state index is 11.0. The Kier molecular flexibility index (Phi) is 4.72. The zero-order valence-corrected chi connectivity index (χ0v) is 14.2. The van der Waals surface area contributed by atoms with Crippen LogP contribution in [0.2, 0.25) is 0 Å². The molecule has 0 unspecified atom stereocenters. The average molecular weight is 324 g/mol. The van der Waals surface area contributed by atoms with E-state index in [2.05, 4.69) is 59.7 Å². The third kappa shape index (κ3) is 3.59. The van der Waals surface area contributed by atoms with Crippen molar-refractivity contribution < 1.29 is 4.79 Å². The molecule has 1 amide bonds. The molecule has 3 aromatic rings. The number of amides is 1. The van der Waals surface area contributed by atoms with Crippen molar-refractivity contribution in [3.8, 4) is 11.3 Å². The molecule has 3 rings (SSSR count). The highest BCUT2D eigenvalue weighted by atomic mass is 32.2. The van der Waals surface area contributed by atoms with Gasteiger partial charge >= 0.3 is 0 Å². The lowest BCUT2D eigenvalue weighted by Gasteiger charge is -2.06. The minimum Gasteiger partial charge on any atom is -0.356 e. The van der Waals surface area contributed by atoms with E-state index in [9.17, 15) is 4.79 Å². The van der Waals surface area contributed by atoms with Crippen LogP contribution >= 0.6 is 11.8 Å². The van der Waals surface area contributed by atoms with Crippen LogP contribution < -0.4 is 5.32 Å². The summed E-state index contributed by atoms with van der Waals surface area (Å²) in [5.74, 6) is 0.864. The highest BCUT2D eigenvalue weighted by molar-refractivity contribution is 7.99. The molecular formula is C19H20N2OS. The molecule has 0 atom stereocenters. The van der Waals surface area contributed by atoms with Crippen molar-refractivity contribution in [2.24, 2.45) is 0 Å². The quantitative estimate of drug-likeness (QED) is 0.540. The number of H-pyrrole nitrogens is 1. The van der Waals surface area contributed by atoms with E-state index in [0.29, 0.717) is 6.54 Å². The Hall–Kier alpha value is -2.20. The number of aromatic amines is 1. The molecule has 0 aliphatic heterocycles. The van der Waals surface area contributed by atoms with Gasteiger partial charge in [0.1, 0.15) is 0 Å². The highest BCUT2D eigenvalue weighted by Crippen LogP contribution is 2.37. The number of hydrogen-bond donors (Lipinski definition) is 2. The standard InChI is InChI=1S/C19H20N2OS/c1-13-7-9-15(10-8-13)18-19(23-12-11-20-14(2)22)16-5-3-4-6-17(16)21-18/h3-10,21H,11-12H2,1-2H3,(H,20,22). The Morgan fingerprint density at radius 1 is 1.13 bits per heavy atom. The number of rotatable bonds is 5. The fourth-order valence-electron chi connectivity index (χ4n) is 2.57. The van der Waals surface area contributed by atoms with Gasteiger partial charge in [0, 0.05) is 35.0 Å². The van der Waals surface area contributed by atoms with Gasteiger partial charge in [0.05, 0.1) is 5.69 Å². The molecule has 2 N–H and O–H groups in total. The third-order valence-electron chi connectivity index (χ3n) is 3.72. The van der Waals surface area contributed by atoms with Gasteiger partial charge in [0.2, 0.25) is 5.91 Å². The van der Waals surface area contributed by atoms with Crippen LogP contribution in [-0.4, -0.2) is 23.2 Å². The first-order valence-corrected chi connectivity index (χ1v) is 8.68. The lowest BCUT2D eigenvalue weighted by Crippen LogP contribution is -2.22. The number of aryl methyl sites for hydroxylation is 1. The second kappa shape index (κ2) is 6.92. The fraction of sp³-hybridized carbons (Fsp3) is 0.211. The van der Waals surface area contributed by atoms with E-state index in [1.54, 1.807) is 18.7 Å². The molecule has 2 aromatic carbocycles. The predicted octanol–water partition coefficient (Wildman–Crippen LogP) is 4.37. The summed E-state index contributed by atoms with van der Waals surface area (Å²) in [6.45, 7) is 4.32. The Balaban J connectivity index is 1.94. The molecule has 0 bridgehead atoms. The van der Waals surface area contributed by atoms with Crippen molar-refractivity contribution in [1.29, 1.82) is 0 Å². The maximum absolute atomic E-state index is 11.0. The Labute approximate surface area is 140 Å². The first-order chi connectivity index (χ1) is 11.1. The summed E-state index contributed by atoms with van der Waals surface area (Å²) in [5, 5.41) is 4.09. The molecule has 0 saturated heterocycles. The van der Waals surface area contributed by atoms with Gasteiger partial charge in [-0.1, -0.05) is 48.0 Å². The van der Waals surface area contributed by atoms with Crippen molar-refractivity contribution in [2.75, 3.05) is 12.3 Å². The summed E-state index contributed by atoms with van der Waals surface area (Å²) < 4.78 is 0. The van der Waals surface area contributed by atoms with Gasteiger partial charge in [-0.25, -0.2) is 0 Å². The van der Waals surface area contributed by atoms with Gasteiger partial charge in [-0.15, -0.1) is 11.8 Å². The Morgan fingerprint density at radius 3 is 2.61 bits per heavy atom. The smallest absolute Gasteiger partial charge is 0.216 e. The maximum Gasteiger partial charge on any atom is 0.216 e. The molecule has 1 aromatic heterocycles. The van der Waals surface area contributed by atoms with E-state index in [1.165, 1.54) is 21.4 Å². The van der Waals surface area contributed by atoms with E-state index in [-0.39, 0.29) is 5.91 Å². The number of thioether (sulfide) groups is 1. The number of aromatic nitrogens is 1. The minimum atomic E-state index is 0.0169. The molecule has 0 aliphatic rings. The monoisotopic (exact) mass is 324 g/mol. The number of fused-ring (bicyclic) bond motifs is 1. The molecule has 3 nitrogen and oxygen atoms in total. The number of carbonyl (C=O) groups excluding carboxylic acids is 1. The second-order valence-electron chi connectivity index (χ2n) is 5.57. The van der Waals surface area contributed by atoms with Gasteiger partial charge in [-0.3, -0.25) is 4.79 Å². The van der Waals surface area contributed by atoms with Gasteiger partial charge in [0.15, 0.2) is 0 Å². The molecule has 1 heterocycles. The van der Waals surface area contributed by atoms with Crippen LogP contribution in [0.25, 0.3) is 22.2 Å². The van der Waals surface area contributed by atoms with E-state index < -0.39 is 0 Å². The largest absolute Gasteiger partial charge is 0.356 e. The topological polar surface area (TPSA) is 44.9 Å². The number of nitrogens with one attached hydrogen (secondary N) is 2. The predicted molar refractivity (Wildman–Crippen MR) is 97.9 cm³/mol. The van der Waals surface area contributed by atoms with Crippen LogP contribution in [0.4, 0.5) is 0 Å². The molecule has 0 radical (unpaired) electrons. The van der Waals surface area contributed by atoms with E-state index in [4.69, 9.17) is 0 Å². The minimum absolute atomic E-state index is 0.0169. The van der Waals surface area contributed by atoms with E-state index in [0.717, 1.165) is 17.0 Å². The number of para-hydroxylation sites is 1. The summed E-state index contributed by atoms with van der Waals surface area (Å²) in [5.41, 5.74) is 4.74. The van der Waals surface area contributed by atoms with Gasteiger partial charge < -0.3 is 10.3 Å². The van der Waals surface area contributed by atoms with Crippen LogP contribution in [0.3, 0.4) is 0 Å². The van der Waals surface area contributed by atoms with E-state index >= 15 is 0 Å². The zero-order valence-electron chi connectivity index (χ0n) is 13.3. The van der Waals surface area contributed by atoms with Crippen molar-refractivity contribution in [2.45, 2.75) is 18.7 Å². The first-order valence-electron chi connectivity index (χ1n) is 7.70. The average Bonchev–Trinajstić information content (AvgIpc) is 2.91. The van der Waals surface area contributed by atoms with Crippen molar-refractivity contribution in [3.05, 3.63) is 54.1 Å². The zero-order chi connectivity index (χ0) is 16.2. The number of benzene rings is 2. The molecule has 0 spiro atoms. The van der Waals surface area contributed by atoms with Crippen LogP contribution in [0.5, 0.6) is 0 Å². The summed E-state index contributed by atoms with van der Waals surface area (Å²) >= 11 is 1.78. The Morgan fingerprint density at radius 2 is 1.87 bits per heavy atom. The molecule has 0 aliphatic carbocycles. The Bertz CT molecular complexity index is 821. The van der Waals surface area contributed by atoms with Crippen LogP contribution in [-0.2, 0) is 4.79 Å². The summed E-state index contributed by atoms with van der Waals surface area (Å²) in [4.78, 5) is 15.8. The summed E-state index contributed by atoms with van der Waals surface area (Å²) in [6, 6.07) is 16.9. The van der Waals surface area contributed by atoms with Crippen molar-refractivity contribution >= 4 is 28.6 Å². The molecular weight excluding hydrogens is 304 g/mol. The normalized spacial score (nSPS) is 10.9. The molecule has 4 heteroatoms. The third-order valence-corrected chi connectivity index (χ3v) is 4.84. The molecule has 23 heavy (non-hydrogen) atoms. The van der Waals surface area contributed by atoms with Gasteiger partial charge in [0.25, 0.3) is 0 Å². The lowest BCUT2D eigenvalue weighted by atomic mass is 10.1. The SMILES string of the molecule is CC(=O)NCCSc1c(-c2ccc(C)cc2)[nH]c2ccccc12. The first kappa shape index (κ1) is 15.7. The summed E-state index contributed by atoms with van der Waals surface area (Å²) in [7, 11) is 0. The molecule has 0 fully saturated rings. The van der Waals surface area contributed by atoms with Crippen LogP contribution in [0, 0.1) is 6.92 Å².